The number of hydrazone groups is 1. The fourth-order valence-corrected chi connectivity index (χ4v) is 2.78. The van der Waals surface area contributed by atoms with E-state index in [1.54, 1.807) is 18.2 Å². The van der Waals surface area contributed by atoms with Crippen molar-refractivity contribution in [3.63, 3.8) is 0 Å². The van der Waals surface area contributed by atoms with Gasteiger partial charge < -0.3 is 0 Å². The van der Waals surface area contributed by atoms with Gasteiger partial charge in [-0.2, -0.15) is 10.2 Å². The Balaban J connectivity index is 1.76. The molecule has 120 valence electrons. The summed E-state index contributed by atoms with van der Waals surface area (Å²) in [5.41, 5.74) is 3.51. The second-order valence-electron chi connectivity index (χ2n) is 4.65. The SMILES string of the molecule is O=C(NN=Cc1ccccc1[N+](=O)[O-])c1cn[nH]c1-c1cccs1. The van der Waals surface area contributed by atoms with Gasteiger partial charge in [0.25, 0.3) is 11.6 Å². The molecule has 9 heteroatoms. The Kier molecular flexibility index (Phi) is 4.43. The molecule has 1 amide bonds. The minimum absolute atomic E-state index is 0.0851. The van der Waals surface area contributed by atoms with Crippen LogP contribution in [0.1, 0.15) is 15.9 Å². The summed E-state index contributed by atoms with van der Waals surface area (Å²) < 4.78 is 0. The molecule has 24 heavy (non-hydrogen) atoms. The maximum Gasteiger partial charge on any atom is 0.278 e. The van der Waals surface area contributed by atoms with E-state index in [2.05, 4.69) is 20.7 Å². The Hall–Kier alpha value is -3.33. The van der Waals surface area contributed by atoms with Crippen molar-refractivity contribution in [2.45, 2.75) is 0 Å². The number of nitro groups is 1. The highest BCUT2D eigenvalue weighted by Gasteiger charge is 2.15. The monoisotopic (exact) mass is 341 g/mol. The van der Waals surface area contributed by atoms with E-state index < -0.39 is 10.8 Å². The van der Waals surface area contributed by atoms with Crippen molar-refractivity contribution < 1.29 is 9.72 Å². The second kappa shape index (κ2) is 6.84. The molecular weight excluding hydrogens is 330 g/mol. The van der Waals surface area contributed by atoms with Crippen LogP contribution in [0.25, 0.3) is 10.6 Å². The van der Waals surface area contributed by atoms with E-state index in [0.29, 0.717) is 16.8 Å². The summed E-state index contributed by atoms with van der Waals surface area (Å²) in [4.78, 5) is 23.5. The third-order valence-electron chi connectivity index (χ3n) is 3.15. The number of aromatic amines is 1. The van der Waals surface area contributed by atoms with Crippen molar-refractivity contribution in [2.75, 3.05) is 0 Å². The van der Waals surface area contributed by atoms with Crippen molar-refractivity contribution >= 4 is 29.1 Å². The summed E-state index contributed by atoms with van der Waals surface area (Å²) in [6, 6.07) is 9.87. The fourth-order valence-electron chi connectivity index (χ4n) is 2.05. The number of hydrogen-bond acceptors (Lipinski definition) is 6. The predicted octanol–water partition coefficient (Wildman–Crippen LogP) is 2.81. The molecule has 0 fully saturated rings. The van der Waals surface area contributed by atoms with Gasteiger partial charge in [0.15, 0.2) is 0 Å². The highest BCUT2D eigenvalue weighted by Crippen LogP contribution is 2.25. The quantitative estimate of drug-likeness (QED) is 0.422. The molecule has 2 heterocycles. The van der Waals surface area contributed by atoms with Crippen molar-refractivity contribution in [3.8, 4) is 10.6 Å². The molecular formula is C15H11N5O3S. The number of nitro benzene ring substituents is 1. The largest absolute Gasteiger partial charge is 0.278 e. The molecule has 0 aliphatic heterocycles. The number of nitrogens with one attached hydrogen (secondary N) is 2. The first-order chi connectivity index (χ1) is 11.7. The van der Waals surface area contributed by atoms with Crippen LogP contribution in [0.3, 0.4) is 0 Å². The lowest BCUT2D eigenvalue weighted by Crippen LogP contribution is -2.17. The standard InChI is InChI=1S/C15H11N5O3S/c21-15(11-9-17-18-14(11)13-6-3-7-24-13)19-16-8-10-4-1-2-5-12(10)20(22)23/h1-9H,(H,17,18)(H,19,21). The van der Waals surface area contributed by atoms with Crippen LogP contribution in [0.2, 0.25) is 0 Å². The van der Waals surface area contributed by atoms with E-state index >= 15 is 0 Å². The molecule has 2 N–H and O–H groups in total. The smallest absolute Gasteiger partial charge is 0.276 e. The van der Waals surface area contributed by atoms with Gasteiger partial charge in [-0.25, -0.2) is 5.43 Å². The zero-order valence-electron chi connectivity index (χ0n) is 12.2. The van der Waals surface area contributed by atoms with E-state index in [-0.39, 0.29) is 5.69 Å². The van der Waals surface area contributed by atoms with Crippen molar-refractivity contribution in [3.05, 3.63) is 69.2 Å². The first-order valence-electron chi connectivity index (χ1n) is 6.81. The fraction of sp³-hybridized carbons (Fsp3) is 0. The van der Waals surface area contributed by atoms with Crippen LogP contribution >= 0.6 is 11.3 Å². The lowest BCUT2D eigenvalue weighted by molar-refractivity contribution is -0.385. The molecule has 3 aromatic rings. The molecule has 0 bridgehead atoms. The lowest BCUT2D eigenvalue weighted by Gasteiger charge is -2.00. The van der Waals surface area contributed by atoms with Gasteiger partial charge in [0.1, 0.15) is 0 Å². The van der Waals surface area contributed by atoms with Gasteiger partial charge in [-0.1, -0.05) is 18.2 Å². The summed E-state index contributed by atoms with van der Waals surface area (Å²) in [6.45, 7) is 0. The van der Waals surface area contributed by atoms with Crippen LogP contribution < -0.4 is 5.43 Å². The first-order valence-corrected chi connectivity index (χ1v) is 7.69. The molecule has 0 unspecified atom stereocenters. The Labute approximate surface area is 140 Å². The number of H-pyrrole nitrogens is 1. The maximum atomic E-state index is 12.2. The summed E-state index contributed by atoms with van der Waals surface area (Å²) in [5, 5.41) is 23.3. The summed E-state index contributed by atoms with van der Waals surface area (Å²) in [7, 11) is 0. The Bertz CT molecular complexity index is 901. The minimum atomic E-state index is -0.506. The molecule has 8 nitrogen and oxygen atoms in total. The molecule has 0 atom stereocenters. The average molecular weight is 341 g/mol. The Morgan fingerprint density at radius 1 is 1.33 bits per heavy atom. The molecule has 3 rings (SSSR count). The number of thiophene rings is 1. The molecule has 0 spiro atoms. The molecule has 0 saturated heterocycles. The maximum absolute atomic E-state index is 12.2. The number of benzene rings is 1. The lowest BCUT2D eigenvalue weighted by atomic mass is 10.2. The first kappa shape index (κ1) is 15.6. The van der Waals surface area contributed by atoms with E-state index in [4.69, 9.17) is 0 Å². The third-order valence-corrected chi connectivity index (χ3v) is 4.04. The van der Waals surface area contributed by atoms with Gasteiger partial charge in [-0.15, -0.1) is 11.3 Å². The molecule has 0 aliphatic rings. The van der Waals surface area contributed by atoms with E-state index in [9.17, 15) is 14.9 Å². The van der Waals surface area contributed by atoms with Crippen molar-refractivity contribution in [1.29, 1.82) is 0 Å². The van der Waals surface area contributed by atoms with E-state index in [1.165, 1.54) is 29.8 Å². The van der Waals surface area contributed by atoms with Crippen molar-refractivity contribution in [1.82, 2.24) is 15.6 Å². The van der Waals surface area contributed by atoms with Crippen LogP contribution in [0, 0.1) is 10.1 Å². The molecule has 2 aromatic heterocycles. The van der Waals surface area contributed by atoms with E-state index in [1.807, 2.05) is 17.5 Å². The highest BCUT2D eigenvalue weighted by atomic mass is 32.1. The van der Waals surface area contributed by atoms with Gasteiger partial charge >= 0.3 is 0 Å². The second-order valence-corrected chi connectivity index (χ2v) is 5.60. The number of carbonyl (C=O) groups is 1. The number of para-hydroxylation sites is 1. The molecule has 1 aromatic carbocycles. The van der Waals surface area contributed by atoms with Crippen LogP contribution in [0.4, 0.5) is 5.69 Å². The van der Waals surface area contributed by atoms with Gasteiger partial charge in [0, 0.05) is 6.07 Å². The zero-order valence-corrected chi connectivity index (χ0v) is 13.0. The minimum Gasteiger partial charge on any atom is -0.276 e. The summed E-state index contributed by atoms with van der Waals surface area (Å²) in [6.07, 6.45) is 2.64. The van der Waals surface area contributed by atoms with E-state index in [0.717, 1.165) is 4.88 Å². The van der Waals surface area contributed by atoms with Crippen molar-refractivity contribution in [2.24, 2.45) is 5.10 Å². The van der Waals surface area contributed by atoms with Gasteiger partial charge in [-0.05, 0) is 17.5 Å². The number of nitrogens with zero attached hydrogens (tertiary/aromatic N) is 3. The van der Waals surface area contributed by atoms with Crippen LogP contribution in [-0.2, 0) is 0 Å². The van der Waals surface area contributed by atoms with Crippen LogP contribution in [-0.4, -0.2) is 27.2 Å². The summed E-state index contributed by atoms with van der Waals surface area (Å²) in [5.74, 6) is -0.456. The summed E-state index contributed by atoms with van der Waals surface area (Å²) >= 11 is 1.47. The van der Waals surface area contributed by atoms with Crippen LogP contribution in [0.15, 0.2) is 53.1 Å². The van der Waals surface area contributed by atoms with Crippen LogP contribution in [0.5, 0.6) is 0 Å². The number of rotatable bonds is 5. The van der Waals surface area contributed by atoms with Gasteiger partial charge in [-0.3, -0.25) is 20.0 Å². The normalized spacial score (nSPS) is 10.8. The Morgan fingerprint density at radius 2 is 2.17 bits per heavy atom. The number of carbonyl (C=O) groups excluding carboxylic acids is 1. The number of aromatic nitrogens is 2. The average Bonchev–Trinajstić information content (AvgIpc) is 3.26. The number of hydrogen-bond donors (Lipinski definition) is 2. The topological polar surface area (TPSA) is 113 Å². The van der Waals surface area contributed by atoms with Gasteiger partial charge in [0.2, 0.25) is 0 Å². The highest BCUT2D eigenvalue weighted by molar-refractivity contribution is 7.13. The zero-order chi connectivity index (χ0) is 16.9. The Morgan fingerprint density at radius 3 is 2.92 bits per heavy atom. The molecule has 0 saturated carbocycles. The molecule has 0 radical (unpaired) electrons. The number of amides is 1. The molecule has 0 aliphatic carbocycles. The predicted molar refractivity (Wildman–Crippen MR) is 90.1 cm³/mol. The van der Waals surface area contributed by atoms with Gasteiger partial charge in [0.05, 0.1) is 39.0 Å². The third kappa shape index (κ3) is 3.20.